The minimum absolute atomic E-state index is 0.0170. The topological polar surface area (TPSA) is 58.9 Å². The van der Waals surface area contributed by atoms with E-state index in [0.717, 1.165) is 27.3 Å². The molecule has 132 valence electrons. The SMILES string of the molecule is CCN[C@H](C)CNC(=O)c1cc2c(C)nn(Cc3ccccc3)c2s1. The van der Waals surface area contributed by atoms with Crippen LogP contribution in [-0.4, -0.2) is 34.8 Å². The number of likely N-dealkylation sites (N-methyl/N-ethyl adjacent to an activating group) is 1. The number of carbonyl (C=O) groups is 1. The van der Waals surface area contributed by atoms with Gasteiger partial charge in [-0.25, -0.2) is 0 Å². The molecule has 0 unspecified atom stereocenters. The van der Waals surface area contributed by atoms with Gasteiger partial charge in [-0.1, -0.05) is 37.3 Å². The summed E-state index contributed by atoms with van der Waals surface area (Å²) in [6.45, 7) is 8.35. The Labute approximate surface area is 152 Å². The maximum Gasteiger partial charge on any atom is 0.261 e. The van der Waals surface area contributed by atoms with E-state index in [1.165, 1.54) is 16.9 Å². The van der Waals surface area contributed by atoms with Crippen LogP contribution in [0.4, 0.5) is 0 Å². The molecular formula is C19H24N4OS. The molecule has 3 aromatic rings. The normalized spacial score (nSPS) is 12.4. The molecule has 3 rings (SSSR count). The van der Waals surface area contributed by atoms with Crippen LogP contribution in [-0.2, 0) is 6.54 Å². The van der Waals surface area contributed by atoms with Gasteiger partial charge < -0.3 is 10.6 Å². The molecule has 0 saturated heterocycles. The van der Waals surface area contributed by atoms with E-state index in [0.29, 0.717) is 13.1 Å². The van der Waals surface area contributed by atoms with E-state index in [1.807, 2.05) is 35.9 Å². The summed E-state index contributed by atoms with van der Waals surface area (Å²) in [4.78, 5) is 14.2. The molecule has 25 heavy (non-hydrogen) atoms. The first-order chi connectivity index (χ1) is 12.1. The standard InChI is InChI=1S/C19H24N4OS/c1-4-20-13(2)11-21-18(24)17-10-16-14(3)22-23(19(16)25-17)12-15-8-6-5-7-9-15/h5-10,13,20H,4,11-12H2,1-3H3,(H,21,24)/t13-/m1/s1. The second-order valence-corrected chi connectivity index (χ2v) is 7.26. The Hall–Kier alpha value is -2.18. The van der Waals surface area contributed by atoms with Crippen molar-refractivity contribution in [3.05, 3.63) is 52.5 Å². The highest BCUT2D eigenvalue weighted by Crippen LogP contribution is 2.28. The van der Waals surface area contributed by atoms with E-state index in [-0.39, 0.29) is 11.9 Å². The molecule has 5 nitrogen and oxygen atoms in total. The predicted octanol–water partition coefficient (Wildman–Crippen LogP) is 3.18. The highest BCUT2D eigenvalue weighted by atomic mass is 32.1. The zero-order valence-electron chi connectivity index (χ0n) is 14.9. The zero-order valence-corrected chi connectivity index (χ0v) is 15.7. The molecular weight excluding hydrogens is 332 g/mol. The molecule has 2 N–H and O–H groups in total. The molecule has 0 aliphatic rings. The lowest BCUT2D eigenvalue weighted by Crippen LogP contribution is -2.38. The third kappa shape index (κ3) is 4.08. The number of nitrogens with zero attached hydrogens (tertiary/aromatic N) is 2. The van der Waals surface area contributed by atoms with E-state index in [9.17, 15) is 4.79 Å². The fourth-order valence-electron chi connectivity index (χ4n) is 2.84. The zero-order chi connectivity index (χ0) is 17.8. The number of fused-ring (bicyclic) bond motifs is 1. The Morgan fingerprint density at radius 1 is 1.32 bits per heavy atom. The second kappa shape index (κ2) is 7.80. The van der Waals surface area contributed by atoms with Crippen molar-refractivity contribution in [2.45, 2.75) is 33.4 Å². The van der Waals surface area contributed by atoms with Crippen LogP contribution >= 0.6 is 11.3 Å². The van der Waals surface area contributed by atoms with Crippen LogP contribution in [0.5, 0.6) is 0 Å². The van der Waals surface area contributed by atoms with E-state index in [2.05, 4.69) is 41.7 Å². The quantitative estimate of drug-likeness (QED) is 0.683. The van der Waals surface area contributed by atoms with Crippen LogP contribution in [0.1, 0.15) is 34.8 Å². The summed E-state index contributed by atoms with van der Waals surface area (Å²) < 4.78 is 1.99. The number of benzene rings is 1. The fourth-order valence-corrected chi connectivity index (χ4v) is 3.92. The smallest absolute Gasteiger partial charge is 0.261 e. The van der Waals surface area contributed by atoms with Crippen LogP contribution < -0.4 is 10.6 Å². The number of rotatable bonds is 7. The number of nitrogens with one attached hydrogen (secondary N) is 2. The largest absolute Gasteiger partial charge is 0.350 e. The summed E-state index contributed by atoms with van der Waals surface area (Å²) in [5, 5.41) is 12.0. The molecule has 1 atom stereocenters. The van der Waals surface area contributed by atoms with Crippen molar-refractivity contribution in [2.75, 3.05) is 13.1 Å². The number of thiophene rings is 1. The Morgan fingerprint density at radius 3 is 2.80 bits per heavy atom. The molecule has 0 fully saturated rings. The van der Waals surface area contributed by atoms with Crippen molar-refractivity contribution in [1.82, 2.24) is 20.4 Å². The van der Waals surface area contributed by atoms with E-state index in [4.69, 9.17) is 0 Å². The van der Waals surface area contributed by atoms with E-state index in [1.54, 1.807) is 0 Å². The van der Waals surface area contributed by atoms with Gasteiger partial charge in [0.2, 0.25) is 0 Å². The van der Waals surface area contributed by atoms with Crippen molar-refractivity contribution < 1.29 is 4.79 Å². The average molecular weight is 356 g/mol. The molecule has 0 spiro atoms. The number of hydrogen-bond donors (Lipinski definition) is 2. The lowest BCUT2D eigenvalue weighted by molar-refractivity contribution is 0.0954. The number of aromatic nitrogens is 2. The first-order valence-electron chi connectivity index (χ1n) is 8.61. The number of hydrogen-bond acceptors (Lipinski definition) is 4. The van der Waals surface area contributed by atoms with Crippen LogP contribution in [0.2, 0.25) is 0 Å². The first kappa shape index (κ1) is 17.6. The molecule has 0 aliphatic heterocycles. The monoisotopic (exact) mass is 356 g/mol. The molecule has 1 amide bonds. The minimum Gasteiger partial charge on any atom is -0.350 e. The van der Waals surface area contributed by atoms with Crippen molar-refractivity contribution in [2.24, 2.45) is 0 Å². The van der Waals surface area contributed by atoms with Gasteiger partial charge in [-0.05, 0) is 32.0 Å². The third-order valence-corrected chi connectivity index (χ3v) is 5.27. The van der Waals surface area contributed by atoms with Gasteiger partial charge in [-0.2, -0.15) is 5.10 Å². The molecule has 0 radical (unpaired) electrons. The van der Waals surface area contributed by atoms with Gasteiger partial charge in [0.15, 0.2) is 0 Å². The Bertz CT molecular complexity index is 853. The molecule has 0 saturated carbocycles. The Morgan fingerprint density at radius 2 is 2.08 bits per heavy atom. The van der Waals surface area contributed by atoms with Gasteiger partial charge in [0.1, 0.15) is 4.83 Å². The summed E-state index contributed by atoms with van der Waals surface area (Å²) in [5.41, 5.74) is 2.16. The van der Waals surface area contributed by atoms with Gasteiger partial charge in [0.25, 0.3) is 5.91 Å². The summed E-state index contributed by atoms with van der Waals surface area (Å²) in [6.07, 6.45) is 0. The van der Waals surface area contributed by atoms with Gasteiger partial charge >= 0.3 is 0 Å². The molecule has 1 aromatic carbocycles. The first-order valence-corrected chi connectivity index (χ1v) is 9.42. The summed E-state index contributed by atoms with van der Waals surface area (Å²) in [6, 6.07) is 12.5. The summed E-state index contributed by atoms with van der Waals surface area (Å²) >= 11 is 1.51. The van der Waals surface area contributed by atoms with Crippen LogP contribution in [0.25, 0.3) is 10.2 Å². The molecule has 6 heteroatoms. The highest BCUT2D eigenvalue weighted by molar-refractivity contribution is 7.20. The second-order valence-electron chi connectivity index (χ2n) is 6.23. The van der Waals surface area contributed by atoms with E-state index >= 15 is 0 Å². The Balaban J connectivity index is 1.78. The maximum absolute atomic E-state index is 12.4. The van der Waals surface area contributed by atoms with Crippen LogP contribution in [0, 0.1) is 6.92 Å². The molecule has 0 aliphatic carbocycles. The lowest BCUT2D eigenvalue weighted by atomic mass is 10.2. The van der Waals surface area contributed by atoms with Gasteiger partial charge in [-0.3, -0.25) is 9.48 Å². The van der Waals surface area contributed by atoms with Crippen molar-refractivity contribution in [1.29, 1.82) is 0 Å². The fraction of sp³-hybridized carbons (Fsp3) is 0.368. The van der Waals surface area contributed by atoms with Gasteiger partial charge in [0.05, 0.1) is 17.1 Å². The Kier molecular flexibility index (Phi) is 5.50. The van der Waals surface area contributed by atoms with Gasteiger partial charge in [-0.15, -0.1) is 11.3 Å². The number of amides is 1. The summed E-state index contributed by atoms with van der Waals surface area (Å²) in [5.74, 6) is -0.0170. The number of aryl methyl sites for hydroxylation is 1. The summed E-state index contributed by atoms with van der Waals surface area (Å²) in [7, 11) is 0. The minimum atomic E-state index is -0.0170. The maximum atomic E-state index is 12.4. The van der Waals surface area contributed by atoms with Gasteiger partial charge in [0, 0.05) is 18.0 Å². The predicted molar refractivity (Wildman–Crippen MR) is 103 cm³/mol. The lowest BCUT2D eigenvalue weighted by Gasteiger charge is -2.12. The average Bonchev–Trinajstić information content (AvgIpc) is 3.16. The molecule has 0 bridgehead atoms. The number of carbonyl (C=O) groups excluding carboxylic acids is 1. The van der Waals surface area contributed by atoms with Crippen molar-refractivity contribution in [3.63, 3.8) is 0 Å². The van der Waals surface area contributed by atoms with Crippen LogP contribution in [0.3, 0.4) is 0 Å². The molecule has 2 heterocycles. The van der Waals surface area contributed by atoms with Crippen LogP contribution in [0.15, 0.2) is 36.4 Å². The molecule has 2 aromatic heterocycles. The highest BCUT2D eigenvalue weighted by Gasteiger charge is 2.16. The third-order valence-electron chi connectivity index (χ3n) is 4.13. The van der Waals surface area contributed by atoms with E-state index < -0.39 is 0 Å². The van der Waals surface area contributed by atoms with Crippen molar-refractivity contribution >= 4 is 27.5 Å². The van der Waals surface area contributed by atoms with Crippen molar-refractivity contribution in [3.8, 4) is 0 Å².